The van der Waals surface area contributed by atoms with Crippen molar-refractivity contribution in [2.24, 2.45) is 0 Å². The normalized spacial score (nSPS) is 10.6. The van der Waals surface area contributed by atoms with Gasteiger partial charge < -0.3 is 4.74 Å². The molecule has 0 saturated heterocycles. The molecule has 0 radical (unpaired) electrons. The van der Waals surface area contributed by atoms with Crippen molar-refractivity contribution >= 4 is 5.69 Å². The number of methoxy groups -OCH3 is 1. The van der Waals surface area contributed by atoms with Crippen LogP contribution < -0.4 is 0 Å². The first-order valence-corrected chi connectivity index (χ1v) is 5.84. The van der Waals surface area contributed by atoms with E-state index in [0.29, 0.717) is 24.5 Å². The van der Waals surface area contributed by atoms with Gasteiger partial charge in [0.1, 0.15) is 6.33 Å². The molecule has 0 N–H and O–H groups in total. The highest BCUT2D eigenvalue weighted by molar-refractivity contribution is 5.58. The number of nitrogens with zero attached hydrogens (tertiary/aromatic N) is 4. The van der Waals surface area contributed by atoms with Crippen molar-refractivity contribution in [2.75, 3.05) is 13.7 Å². The zero-order chi connectivity index (χ0) is 13.7. The molecule has 1 aromatic heterocycles. The average molecular weight is 262 g/mol. The van der Waals surface area contributed by atoms with Gasteiger partial charge in [-0.2, -0.15) is 5.10 Å². The Bertz CT molecular complexity index is 568. The minimum atomic E-state index is -0.431. The molecule has 0 spiro atoms. The van der Waals surface area contributed by atoms with Crippen LogP contribution in [0.15, 0.2) is 30.6 Å². The first-order chi connectivity index (χ1) is 9.20. The molecule has 2 rings (SSSR count). The van der Waals surface area contributed by atoms with Gasteiger partial charge in [-0.05, 0) is 6.42 Å². The maximum Gasteiger partial charge on any atom is 0.270 e. The van der Waals surface area contributed by atoms with Crippen molar-refractivity contribution < 1.29 is 9.66 Å². The maximum atomic E-state index is 10.7. The van der Waals surface area contributed by atoms with Crippen molar-refractivity contribution in [1.29, 1.82) is 0 Å². The summed E-state index contributed by atoms with van der Waals surface area (Å²) in [4.78, 5) is 14.4. The largest absolute Gasteiger partial charge is 0.385 e. The van der Waals surface area contributed by atoms with Gasteiger partial charge in [-0.3, -0.25) is 14.8 Å². The molecule has 0 unspecified atom stereocenters. The number of non-ortho nitro benzene ring substituents is 1. The van der Waals surface area contributed by atoms with E-state index < -0.39 is 4.92 Å². The number of rotatable bonds is 6. The molecule has 19 heavy (non-hydrogen) atoms. The minimum absolute atomic E-state index is 0.0354. The van der Waals surface area contributed by atoms with Crippen LogP contribution in [0.1, 0.15) is 6.42 Å². The number of benzene rings is 1. The predicted molar refractivity (Wildman–Crippen MR) is 68.6 cm³/mol. The van der Waals surface area contributed by atoms with E-state index in [9.17, 15) is 10.1 Å². The predicted octanol–water partition coefficient (Wildman–Crippen LogP) is 1.89. The van der Waals surface area contributed by atoms with Gasteiger partial charge in [-0.15, -0.1) is 0 Å². The molecule has 0 fully saturated rings. The summed E-state index contributed by atoms with van der Waals surface area (Å²) in [7, 11) is 1.65. The fraction of sp³-hybridized carbons (Fsp3) is 0.333. The zero-order valence-electron chi connectivity index (χ0n) is 10.5. The second kappa shape index (κ2) is 6.05. The molecule has 0 atom stereocenters. The van der Waals surface area contributed by atoms with Gasteiger partial charge in [0.25, 0.3) is 5.69 Å². The van der Waals surface area contributed by atoms with Crippen LogP contribution in [0.25, 0.3) is 11.4 Å². The molecule has 0 aliphatic carbocycles. The Morgan fingerprint density at radius 1 is 1.47 bits per heavy atom. The molecular formula is C12H14N4O3. The number of hydrogen-bond donors (Lipinski definition) is 0. The number of aryl methyl sites for hydroxylation is 1. The number of hydrogen-bond acceptors (Lipinski definition) is 5. The summed E-state index contributed by atoms with van der Waals surface area (Å²) < 4.78 is 6.66. The summed E-state index contributed by atoms with van der Waals surface area (Å²) in [5.41, 5.74) is 0.674. The van der Waals surface area contributed by atoms with Crippen LogP contribution in [0.3, 0.4) is 0 Å². The van der Waals surface area contributed by atoms with Gasteiger partial charge >= 0.3 is 0 Å². The molecule has 2 aromatic rings. The molecule has 0 aliphatic rings. The van der Waals surface area contributed by atoms with E-state index in [4.69, 9.17) is 4.74 Å². The van der Waals surface area contributed by atoms with E-state index in [1.165, 1.54) is 12.1 Å². The molecule has 1 aromatic carbocycles. The Morgan fingerprint density at radius 3 is 3.05 bits per heavy atom. The second-order valence-corrected chi connectivity index (χ2v) is 3.99. The fourth-order valence-corrected chi connectivity index (χ4v) is 1.66. The Hall–Kier alpha value is -2.28. The van der Waals surface area contributed by atoms with Gasteiger partial charge in [0, 0.05) is 38.0 Å². The summed E-state index contributed by atoms with van der Waals surface area (Å²) in [5.74, 6) is 0.487. The molecule has 0 saturated carbocycles. The average Bonchev–Trinajstić information content (AvgIpc) is 2.88. The van der Waals surface area contributed by atoms with Crippen molar-refractivity contribution in [2.45, 2.75) is 13.0 Å². The molecule has 0 bridgehead atoms. The van der Waals surface area contributed by atoms with Crippen molar-refractivity contribution in [3.63, 3.8) is 0 Å². The Kier molecular flexibility index (Phi) is 4.19. The Labute approximate surface area is 110 Å². The minimum Gasteiger partial charge on any atom is -0.385 e. The Balaban J connectivity index is 2.13. The lowest BCUT2D eigenvalue weighted by Crippen LogP contribution is -2.01. The van der Waals surface area contributed by atoms with Gasteiger partial charge in [-0.25, -0.2) is 4.98 Å². The summed E-state index contributed by atoms with van der Waals surface area (Å²) in [5, 5.41) is 15.0. The smallest absolute Gasteiger partial charge is 0.270 e. The van der Waals surface area contributed by atoms with E-state index in [1.807, 2.05) is 0 Å². The lowest BCUT2D eigenvalue weighted by atomic mass is 10.2. The van der Waals surface area contributed by atoms with Gasteiger partial charge in [0.2, 0.25) is 0 Å². The quantitative estimate of drug-likeness (QED) is 0.451. The van der Waals surface area contributed by atoms with Crippen LogP contribution in [0.5, 0.6) is 0 Å². The van der Waals surface area contributed by atoms with E-state index >= 15 is 0 Å². The van der Waals surface area contributed by atoms with Gasteiger partial charge in [0.15, 0.2) is 5.82 Å². The van der Waals surface area contributed by atoms with E-state index in [2.05, 4.69) is 10.1 Å². The van der Waals surface area contributed by atoms with Crippen LogP contribution in [0, 0.1) is 10.1 Å². The van der Waals surface area contributed by atoms with E-state index in [-0.39, 0.29) is 5.69 Å². The van der Waals surface area contributed by atoms with Crippen molar-refractivity contribution in [1.82, 2.24) is 14.8 Å². The summed E-state index contributed by atoms with van der Waals surface area (Å²) in [6.07, 6.45) is 2.46. The lowest BCUT2D eigenvalue weighted by Gasteiger charge is -1.99. The van der Waals surface area contributed by atoms with E-state index in [1.54, 1.807) is 30.3 Å². The third-order valence-corrected chi connectivity index (χ3v) is 2.59. The molecular weight excluding hydrogens is 248 g/mol. The first kappa shape index (κ1) is 13.2. The molecule has 7 heteroatoms. The fourth-order valence-electron chi connectivity index (χ4n) is 1.66. The first-order valence-electron chi connectivity index (χ1n) is 5.84. The second-order valence-electron chi connectivity index (χ2n) is 3.99. The van der Waals surface area contributed by atoms with Gasteiger partial charge in [0.05, 0.1) is 4.92 Å². The van der Waals surface area contributed by atoms with Crippen LogP contribution in [-0.2, 0) is 11.3 Å². The highest BCUT2D eigenvalue weighted by atomic mass is 16.6. The number of ether oxygens (including phenoxy) is 1. The third-order valence-electron chi connectivity index (χ3n) is 2.59. The van der Waals surface area contributed by atoms with Crippen LogP contribution in [0.2, 0.25) is 0 Å². The number of aromatic nitrogens is 3. The number of nitro groups is 1. The summed E-state index contributed by atoms with van der Waals surface area (Å²) in [6.45, 7) is 1.36. The summed E-state index contributed by atoms with van der Waals surface area (Å²) in [6, 6.07) is 6.29. The highest BCUT2D eigenvalue weighted by Gasteiger charge is 2.10. The Morgan fingerprint density at radius 2 is 2.32 bits per heavy atom. The van der Waals surface area contributed by atoms with Crippen molar-refractivity contribution in [3.8, 4) is 11.4 Å². The highest BCUT2D eigenvalue weighted by Crippen LogP contribution is 2.20. The van der Waals surface area contributed by atoms with Crippen LogP contribution in [0.4, 0.5) is 5.69 Å². The van der Waals surface area contributed by atoms with Gasteiger partial charge in [-0.1, -0.05) is 12.1 Å². The molecule has 7 nitrogen and oxygen atoms in total. The zero-order valence-corrected chi connectivity index (χ0v) is 10.5. The molecule has 100 valence electrons. The summed E-state index contributed by atoms with van der Waals surface area (Å²) >= 11 is 0. The van der Waals surface area contributed by atoms with E-state index in [0.717, 1.165) is 6.42 Å². The standard InChI is InChI=1S/C12H14N4O3/c1-19-7-3-6-15-9-13-12(14-15)10-4-2-5-11(8-10)16(17)18/h2,4-5,8-9H,3,6-7H2,1H3. The third kappa shape index (κ3) is 3.35. The maximum absolute atomic E-state index is 10.7. The lowest BCUT2D eigenvalue weighted by molar-refractivity contribution is -0.384. The van der Waals surface area contributed by atoms with Crippen LogP contribution in [-0.4, -0.2) is 33.4 Å². The molecule has 1 heterocycles. The molecule has 0 amide bonds. The van der Waals surface area contributed by atoms with Crippen LogP contribution >= 0.6 is 0 Å². The molecule has 0 aliphatic heterocycles. The SMILES string of the molecule is COCCCn1cnc(-c2cccc([N+](=O)[O-])c2)n1. The topological polar surface area (TPSA) is 83.1 Å². The van der Waals surface area contributed by atoms with Crippen molar-refractivity contribution in [3.05, 3.63) is 40.7 Å². The number of nitro benzene ring substituents is 1. The monoisotopic (exact) mass is 262 g/mol.